The smallest absolute Gasteiger partial charge is 0.136 e. The van der Waals surface area contributed by atoms with Crippen LogP contribution in [0.3, 0.4) is 0 Å². The van der Waals surface area contributed by atoms with E-state index in [1.807, 2.05) is 0 Å². The van der Waals surface area contributed by atoms with E-state index in [0.717, 1.165) is 34.8 Å². The average Bonchev–Trinajstić information content (AvgIpc) is 3.98. The molecular weight excluding hydrogens is 695 g/mol. The monoisotopic (exact) mass is 737 g/mol. The first kappa shape index (κ1) is 29.9. The highest BCUT2D eigenvalue weighted by molar-refractivity contribution is 6.27. The number of hydrogen-bond donors (Lipinski definition) is 0. The van der Waals surface area contributed by atoms with Crippen molar-refractivity contribution >= 4 is 60.0 Å². The van der Waals surface area contributed by atoms with Crippen LogP contribution in [-0.2, 0) is 0 Å². The molecule has 7 atom stereocenters. The maximum Gasteiger partial charge on any atom is 0.136 e. The summed E-state index contributed by atoms with van der Waals surface area (Å²) in [5, 5.41) is 8.25. The Morgan fingerprint density at radius 3 is 2.00 bits per heavy atom. The molecule has 57 heavy (non-hydrogen) atoms. The third-order valence-electron chi connectivity index (χ3n) is 17.8. The maximum atomic E-state index is 6.66. The fraction of sp³-hybridized carbons (Fsp3) is 0.358. The molecule has 5 heterocycles. The van der Waals surface area contributed by atoms with E-state index in [1.54, 1.807) is 11.1 Å². The summed E-state index contributed by atoms with van der Waals surface area (Å²) in [4.78, 5) is 11.1. The molecule has 7 bridgehead atoms. The van der Waals surface area contributed by atoms with Crippen molar-refractivity contribution in [3.8, 4) is 22.3 Å². The Hall–Kier alpha value is -5.22. The second kappa shape index (κ2) is 9.89. The number of benzene rings is 4. The molecule has 4 heteroatoms. The highest BCUT2D eigenvalue weighted by Crippen LogP contribution is 2.76. The molecule has 0 saturated heterocycles. The molecule has 9 aromatic rings. The number of aromatic nitrogens is 3. The molecule has 276 valence electrons. The van der Waals surface area contributed by atoms with E-state index in [2.05, 4.69) is 95.7 Å². The van der Waals surface area contributed by atoms with Crippen LogP contribution in [-0.4, -0.2) is 14.4 Å². The molecule has 0 aliphatic heterocycles. The predicted molar refractivity (Wildman–Crippen MR) is 228 cm³/mol. The van der Waals surface area contributed by atoms with Crippen LogP contribution in [0.1, 0.15) is 110 Å². The van der Waals surface area contributed by atoms with Gasteiger partial charge in [-0.15, -0.1) is 0 Å². The summed E-state index contributed by atoms with van der Waals surface area (Å²) in [6, 6.07) is 29.5. The van der Waals surface area contributed by atoms with Gasteiger partial charge in [-0.2, -0.15) is 0 Å². The summed E-state index contributed by atoms with van der Waals surface area (Å²) in [5.74, 6) is 5.96. The van der Waals surface area contributed by atoms with Gasteiger partial charge in [-0.05, 0) is 157 Å². The Morgan fingerprint density at radius 2 is 1.21 bits per heavy atom. The number of pyridine rings is 2. The predicted octanol–water partition coefficient (Wildman–Crippen LogP) is 13.6. The van der Waals surface area contributed by atoms with Gasteiger partial charge in [0.1, 0.15) is 11.2 Å². The van der Waals surface area contributed by atoms with Crippen LogP contribution in [0.25, 0.3) is 82.3 Å². The van der Waals surface area contributed by atoms with Crippen LogP contribution in [0.4, 0.5) is 0 Å². The van der Waals surface area contributed by atoms with Crippen molar-refractivity contribution in [2.24, 2.45) is 29.1 Å². The highest BCUT2D eigenvalue weighted by atomic mass is 16.3. The van der Waals surface area contributed by atoms with Crippen molar-refractivity contribution in [3.63, 3.8) is 0 Å². The maximum absolute atomic E-state index is 6.66. The van der Waals surface area contributed by atoms with E-state index >= 15 is 0 Å². The Morgan fingerprint density at radius 1 is 0.544 bits per heavy atom. The van der Waals surface area contributed by atoms with E-state index in [4.69, 9.17) is 14.4 Å². The van der Waals surface area contributed by atoms with Crippen molar-refractivity contribution in [3.05, 3.63) is 114 Å². The van der Waals surface area contributed by atoms with Crippen molar-refractivity contribution in [1.82, 2.24) is 14.4 Å². The van der Waals surface area contributed by atoms with Gasteiger partial charge in [0.2, 0.25) is 0 Å². The third kappa shape index (κ3) is 3.46. The zero-order valence-electron chi connectivity index (χ0n) is 32.1. The minimum Gasteiger partial charge on any atom is -0.456 e. The number of rotatable bonds is 2. The van der Waals surface area contributed by atoms with Crippen LogP contribution in [0, 0.1) is 29.1 Å². The third-order valence-corrected chi connectivity index (χ3v) is 17.8. The zero-order valence-corrected chi connectivity index (χ0v) is 32.1. The largest absolute Gasteiger partial charge is 0.456 e. The van der Waals surface area contributed by atoms with Crippen molar-refractivity contribution in [2.45, 2.75) is 87.9 Å². The number of hydrogen-bond acceptors (Lipinski definition) is 3. The molecule has 4 nitrogen and oxygen atoms in total. The number of para-hydroxylation sites is 1. The van der Waals surface area contributed by atoms with Crippen LogP contribution in [0.15, 0.2) is 95.7 Å². The molecule has 0 N–H and O–H groups in total. The van der Waals surface area contributed by atoms with Gasteiger partial charge in [0.05, 0.1) is 28.9 Å². The van der Waals surface area contributed by atoms with Crippen LogP contribution in [0.2, 0.25) is 0 Å². The lowest BCUT2D eigenvalue weighted by Crippen LogP contribution is -2.41. The molecule has 0 amide bonds. The number of fused-ring (bicyclic) bond motifs is 15. The standard InChI is InChI=1S/C53H43N3O/c1-2-6-28(7-3-1)36-10-11-43-49(37-8-4-5-9-42(37)57-43)44(36)30-19-38-47-40(24-54-50-31-15-26-12-27(16-31)14-29(13-26)45(47)50)56-41-25-55-51-33-18-35-21-34-17-32(22-53(34,35)23-33)46(51)48(41)39(20-30)52(38)56/h1-11,19-20,24-27,29,31-35H,12-18,21-23H2. The van der Waals surface area contributed by atoms with Crippen molar-refractivity contribution in [1.29, 1.82) is 0 Å². The zero-order chi connectivity index (χ0) is 36.5. The van der Waals surface area contributed by atoms with Crippen molar-refractivity contribution < 1.29 is 4.42 Å². The molecule has 8 aliphatic rings. The van der Waals surface area contributed by atoms with E-state index in [0.29, 0.717) is 29.1 Å². The number of furan rings is 1. The lowest BCUT2D eigenvalue weighted by Gasteiger charge is -2.48. The Kier molecular flexibility index (Phi) is 5.20. The number of nitrogens with zero attached hydrogens (tertiary/aromatic N) is 3. The van der Waals surface area contributed by atoms with Crippen molar-refractivity contribution in [2.75, 3.05) is 0 Å². The average molecular weight is 738 g/mol. The fourth-order valence-corrected chi connectivity index (χ4v) is 16.1. The van der Waals surface area contributed by atoms with Crippen LogP contribution in [0.5, 0.6) is 0 Å². The van der Waals surface area contributed by atoms with Crippen LogP contribution >= 0.6 is 0 Å². The SMILES string of the molecule is c1ccc(-c2ccc3oc4ccccc4c3c2-c2cc3c4c5c(ncc4n4c6cnc7c(c6c(c2)c34)C2CC3CC4CC7CC43C2)C2CC3CC(C2)CC5C3)cc1. The minimum atomic E-state index is 0.587. The molecule has 17 rings (SSSR count). The molecule has 5 fully saturated rings. The van der Waals surface area contributed by atoms with Gasteiger partial charge < -0.3 is 8.82 Å². The second-order valence-corrected chi connectivity index (χ2v) is 20.2. The highest BCUT2D eigenvalue weighted by Gasteiger charge is 2.66. The molecule has 1 spiro atoms. The van der Waals surface area contributed by atoms with E-state index in [9.17, 15) is 0 Å². The van der Waals surface area contributed by atoms with E-state index in [-0.39, 0.29) is 0 Å². The summed E-state index contributed by atoms with van der Waals surface area (Å²) in [6.07, 6.45) is 18.3. The first-order valence-electron chi connectivity index (χ1n) is 22.2. The second-order valence-electron chi connectivity index (χ2n) is 20.2. The molecule has 5 saturated carbocycles. The van der Waals surface area contributed by atoms with Gasteiger partial charge in [0.15, 0.2) is 0 Å². The molecule has 4 aromatic carbocycles. The fourth-order valence-electron chi connectivity index (χ4n) is 16.1. The van der Waals surface area contributed by atoms with E-state index in [1.165, 1.54) is 147 Å². The Bertz CT molecular complexity index is 3270. The first-order valence-corrected chi connectivity index (χ1v) is 22.2. The topological polar surface area (TPSA) is 43.3 Å². The van der Waals surface area contributed by atoms with Gasteiger partial charge in [-0.1, -0.05) is 54.6 Å². The first-order chi connectivity index (χ1) is 28.2. The summed E-state index contributed by atoms with van der Waals surface area (Å²) >= 11 is 0. The molecule has 8 aliphatic carbocycles. The lowest BCUT2D eigenvalue weighted by molar-refractivity contribution is 0.00321. The van der Waals surface area contributed by atoms with Crippen LogP contribution < -0.4 is 0 Å². The Balaban J connectivity index is 1.09. The molecular formula is C53H43N3O. The van der Waals surface area contributed by atoms with Gasteiger partial charge in [-0.3, -0.25) is 9.97 Å². The van der Waals surface area contributed by atoms with Gasteiger partial charge >= 0.3 is 0 Å². The van der Waals surface area contributed by atoms with E-state index < -0.39 is 0 Å². The summed E-state index contributed by atoms with van der Waals surface area (Å²) in [7, 11) is 0. The molecule has 0 radical (unpaired) electrons. The normalized spacial score (nSPS) is 31.6. The van der Waals surface area contributed by atoms with Gasteiger partial charge in [0.25, 0.3) is 0 Å². The van der Waals surface area contributed by atoms with Gasteiger partial charge in [-0.25, -0.2) is 0 Å². The molecule has 7 unspecified atom stereocenters. The summed E-state index contributed by atoms with van der Waals surface area (Å²) in [5.41, 5.74) is 17.7. The Labute approximate surface area is 330 Å². The minimum absolute atomic E-state index is 0.587. The molecule has 5 aromatic heterocycles. The summed E-state index contributed by atoms with van der Waals surface area (Å²) in [6.45, 7) is 0. The lowest BCUT2D eigenvalue weighted by atomic mass is 9.56. The summed E-state index contributed by atoms with van der Waals surface area (Å²) < 4.78 is 9.31. The van der Waals surface area contributed by atoms with Gasteiger partial charge in [0, 0.05) is 61.1 Å². The quantitative estimate of drug-likeness (QED) is 0.177.